The number of likely N-dealkylation sites (tertiary alicyclic amines) is 1. The van der Waals surface area contributed by atoms with Gasteiger partial charge >= 0.3 is 0 Å². The Kier molecular flexibility index (Phi) is 27.5. The number of likely N-dealkylation sites (N-methyl/N-ethyl adjacent to an activating group) is 2. The van der Waals surface area contributed by atoms with Gasteiger partial charge in [-0.05, 0) is 75.7 Å². The van der Waals surface area contributed by atoms with Crippen LogP contribution in [0.1, 0.15) is 112 Å². The molecule has 10 amide bonds. The SMILES string of the molecule is CCC[C@H](NC(=O)[C@@H](NC(=O)[C@@H](CC(C)C)NC(=O)[C@H](Cc1cccs1)NC(=O)CNC(=O)CN(C)C(C)=O)[C@@H](C)O)C(=O)N[C@H](C(=O)N[C@@H](CCCN=C(N)N)C(=O)N1CCC[C@H]1C(=O)NCC)[C@@H](C)CC. The Morgan fingerprint density at radius 3 is 1.99 bits per heavy atom. The number of carbonyl (C=O) groups excluding carboxylic acids is 10. The van der Waals surface area contributed by atoms with Crippen molar-refractivity contribution in [2.75, 3.05) is 39.8 Å². The Bertz CT molecular complexity index is 2050. The number of nitrogens with one attached hydrogen (secondary N) is 8. The zero-order valence-corrected chi connectivity index (χ0v) is 44.7. The van der Waals surface area contributed by atoms with Crippen molar-refractivity contribution in [2.45, 2.75) is 162 Å². The van der Waals surface area contributed by atoms with Crippen LogP contribution < -0.4 is 54.0 Å². The molecule has 9 atom stereocenters. The number of thiophene rings is 1. The van der Waals surface area contributed by atoms with Gasteiger partial charge in [0.05, 0.1) is 19.2 Å². The highest BCUT2D eigenvalue weighted by Crippen LogP contribution is 2.21. The smallest absolute Gasteiger partial charge is 0.245 e. The molecule has 25 heteroatoms. The van der Waals surface area contributed by atoms with E-state index in [1.54, 1.807) is 52.1 Å². The number of hydrogen-bond donors (Lipinski definition) is 11. The van der Waals surface area contributed by atoms with E-state index < -0.39 is 108 Å². The Hall–Kier alpha value is -6.37. The molecular formula is C48H81N13O11S. The summed E-state index contributed by atoms with van der Waals surface area (Å²) in [5.41, 5.74) is 11.0. The largest absolute Gasteiger partial charge is 0.391 e. The fourth-order valence-corrected chi connectivity index (χ4v) is 8.62. The van der Waals surface area contributed by atoms with Crippen molar-refractivity contribution in [2.24, 2.45) is 28.3 Å². The molecular weight excluding hydrogens is 967 g/mol. The van der Waals surface area contributed by atoms with E-state index in [2.05, 4.69) is 47.5 Å². The first-order chi connectivity index (χ1) is 34.4. The van der Waals surface area contributed by atoms with Crippen molar-refractivity contribution in [3.63, 3.8) is 0 Å². The van der Waals surface area contributed by atoms with Crippen molar-refractivity contribution in [3.8, 4) is 0 Å². The molecule has 0 spiro atoms. The van der Waals surface area contributed by atoms with Crippen LogP contribution in [-0.2, 0) is 54.4 Å². The summed E-state index contributed by atoms with van der Waals surface area (Å²) in [5, 5.41) is 33.8. The third-order valence-corrected chi connectivity index (χ3v) is 13.1. The van der Waals surface area contributed by atoms with Gasteiger partial charge in [-0.2, -0.15) is 0 Å². The van der Waals surface area contributed by atoms with E-state index in [4.69, 9.17) is 11.5 Å². The standard InChI is InChI=1S/C48H81N13O11S/c1-10-16-32(41(66)58-39(28(6)11-2)45(70)56-33(18-13-20-52-48(49)50)47(72)61-21-14-19-36(61)44(69)51-12-3)55-46(71)40(29(7)62)59-43(68)34(23-27(4)5)57-42(67)35(24-31-17-15-22-73-31)54-37(64)25-53-38(65)26-60(9)30(8)63/h15,17,22,27-29,32-36,39-40,62H,10-14,16,18-21,23-26H2,1-9H3,(H,51,69)(H,53,65)(H,54,64)(H,55,71)(H,56,70)(H,57,67)(H,58,66)(H,59,68)(H4,49,50,52)/t28-,29+,32-,33-,34+,35-,36-,39-,40-/m0/s1. The number of nitrogens with two attached hydrogens (primary N) is 2. The molecule has 1 saturated heterocycles. The van der Waals surface area contributed by atoms with E-state index in [0.717, 1.165) is 9.78 Å². The first-order valence-corrected chi connectivity index (χ1v) is 26.0. The number of hydrogen-bond acceptors (Lipinski definition) is 13. The first-order valence-electron chi connectivity index (χ1n) is 25.1. The number of rotatable bonds is 31. The molecule has 2 rings (SSSR count). The van der Waals surface area contributed by atoms with E-state index in [9.17, 15) is 53.1 Å². The summed E-state index contributed by atoms with van der Waals surface area (Å²) < 4.78 is 0. The molecule has 13 N–H and O–H groups in total. The number of amides is 10. The fraction of sp³-hybridized carbons (Fsp3) is 0.688. The summed E-state index contributed by atoms with van der Waals surface area (Å²) in [4.78, 5) is 141. The minimum Gasteiger partial charge on any atom is -0.391 e. The average molecular weight is 1050 g/mol. The molecule has 2 heterocycles. The van der Waals surface area contributed by atoms with E-state index >= 15 is 0 Å². The molecule has 24 nitrogen and oxygen atoms in total. The van der Waals surface area contributed by atoms with E-state index in [0.29, 0.717) is 45.2 Å². The lowest BCUT2D eigenvalue weighted by Gasteiger charge is -2.31. The number of aliphatic imine (C=N–C) groups is 1. The molecule has 0 saturated carbocycles. The Morgan fingerprint density at radius 2 is 1.41 bits per heavy atom. The van der Waals surface area contributed by atoms with E-state index in [1.807, 2.05) is 6.92 Å². The number of nitrogens with zero attached hydrogens (tertiary/aromatic N) is 3. The highest BCUT2D eigenvalue weighted by atomic mass is 32.1. The molecule has 410 valence electrons. The van der Waals surface area contributed by atoms with Crippen LogP contribution >= 0.6 is 11.3 Å². The number of aliphatic hydroxyl groups excluding tert-OH is 1. The summed E-state index contributed by atoms with van der Waals surface area (Å²) in [6.07, 6.45) is 0.913. The van der Waals surface area contributed by atoms with Crippen LogP contribution in [0.15, 0.2) is 22.5 Å². The fourth-order valence-electron chi connectivity index (χ4n) is 7.87. The Labute approximate surface area is 432 Å². The van der Waals surface area contributed by atoms with E-state index in [1.165, 1.54) is 37.1 Å². The van der Waals surface area contributed by atoms with Crippen molar-refractivity contribution in [3.05, 3.63) is 22.4 Å². The average Bonchev–Trinajstić information content (AvgIpc) is 4.04. The summed E-state index contributed by atoms with van der Waals surface area (Å²) in [7, 11) is 1.42. The van der Waals surface area contributed by atoms with E-state index in [-0.39, 0.29) is 62.5 Å². The van der Waals surface area contributed by atoms with Gasteiger partial charge in [0, 0.05) is 44.9 Å². The van der Waals surface area contributed by atoms with Gasteiger partial charge in [0.2, 0.25) is 59.1 Å². The molecule has 0 aliphatic carbocycles. The second-order valence-electron chi connectivity index (χ2n) is 18.8. The maximum atomic E-state index is 14.2. The maximum Gasteiger partial charge on any atom is 0.245 e. The molecule has 0 bridgehead atoms. The summed E-state index contributed by atoms with van der Waals surface area (Å²) in [6, 6.07) is -4.89. The second kappa shape index (κ2) is 31.9. The first kappa shape index (κ1) is 62.7. The zero-order chi connectivity index (χ0) is 54.9. The minimum atomic E-state index is -1.63. The van der Waals surface area contributed by atoms with Gasteiger partial charge in [0.15, 0.2) is 5.96 Å². The van der Waals surface area contributed by atoms with Gasteiger partial charge in [-0.1, -0.05) is 53.5 Å². The quantitative estimate of drug-likeness (QED) is 0.0224. The van der Waals surface area contributed by atoms with Crippen LogP contribution in [0.2, 0.25) is 0 Å². The molecule has 1 aromatic rings. The van der Waals surface area contributed by atoms with Crippen LogP contribution in [0, 0.1) is 11.8 Å². The van der Waals surface area contributed by atoms with Crippen molar-refractivity contribution in [1.29, 1.82) is 0 Å². The third-order valence-electron chi connectivity index (χ3n) is 12.2. The van der Waals surface area contributed by atoms with Crippen LogP contribution in [0.3, 0.4) is 0 Å². The van der Waals surface area contributed by atoms with Gasteiger partial charge in [-0.25, -0.2) is 0 Å². The van der Waals surface area contributed by atoms with Gasteiger partial charge in [0.1, 0.15) is 42.3 Å². The highest BCUT2D eigenvalue weighted by molar-refractivity contribution is 7.09. The van der Waals surface area contributed by atoms with Crippen LogP contribution in [0.25, 0.3) is 0 Å². The number of guanidine groups is 1. The van der Waals surface area contributed by atoms with Gasteiger partial charge < -0.3 is 68.9 Å². The zero-order valence-electron chi connectivity index (χ0n) is 43.8. The van der Waals surface area contributed by atoms with Crippen molar-refractivity contribution in [1.82, 2.24) is 52.3 Å². The normalized spacial score (nSPS) is 16.4. The summed E-state index contributed by atoms with van der Waals surface area (Å²) in [6.45, 7) is 13.3. The molecule has 0 aromatic carbocycles. The van der Waals surface area contributed by atoms with Crippen LogP contribution in [0.4, 0.5) is 0 Å². The molecule has 1 aromatic heterocycles. The second-order valence-corrected chi connectivity index (χ2v) is 19.8. The van der Waals surface area contributed by atoms with Crippen LogP contribution in [0.5, 0.6) is 0 Å². The Morgan fingerprint density at radius 1 is 0.795 bits per heavy atom. The number of aliphatic hydroxyl groups is 1. The monoisotopic (exact) mass is 1050 g/mol. The van der Waals surface area contributed by atoms with Crippen molar-refractivity contribution < 1.29 is 53.1 Å². The lowest BCUT2D eigenvalue weighted by molar-refractivity contribution is -0.142. The molecule has 1 aliphatic rings. The maximum absolute atomic E-state index is 14.2. The Balaban J connectivity index is 2.31. The van der Waals surface area contributed by atoms with Crippen LogP contribution in [-0.4, -0.2) is 168 Å². The summed E-state index contributed by atoms with van der Waals surface area (Å²) >= 11 is 1.33. The van der Waals surface area contributed by atoms with Gasteiger partial charge in [0.25, 0.3) is 0 Å². The van der Waals surface area contributed by atoms with Gasteiger partial charge in [-0.15, -0.1) is 11.3 Å². The van der Waals surface area contributed by atoms with Gasteiger partial charge in [-0.3, -0.25) is 52.9 Å². The highest BCUT2D eigenvalue weighted by Gasteiger charge is 2.40. The predicted molar refractivity (Wildman–Crippen MR) is 275 cm³/mol. The molecule has 0 radical (unpaired) electrons. The predicted octanol–water partition coefficient (Wildman–Crippen LogP) is -1.75. The molecule has 0 unspecified atom stereocenters. The topological polar surface area (TPSA) is 358 Å². The molecule has 73 heavy (non-hydrogen) atoms. The molecule has 1 aliphatic heterocycles. The lowest BCUT2D eigenvalue weighted by Crippen LogP contribution is -2.62. The lowest BCUT2D eigenvalue weighted by atomic mass is 9.96. The molecule has 1 fully saturated rings. The van der Waals surface area contributed by atoms with Crippen molar-refractivity contribution >= 4 is 76.4 Å². The number of carbonyl (C=O) groups is 10. The third kappa shape index (κ3) is 21.7. The summed E-state index contributed by atoms with van der Waals surface area (Å²) in [5.74, 6) is -7.19. The minimum absolute atomic E-state index is 0.0308.